The van der Waals surface area contributed by atoms with Crippen molar-refractivity contribution in [3.8, 4) is 45.3 Å². The van der Waals surface area contributed by atoms with Crippen molar-refractivity contribution in [1.82, 2.24) is 0 Å². The molecule has 6 heteroatoms. The minimum absolute atomic E-state index is 0.0477. The van der Waals surface area contributed by atoms with Gasteiger partial charge in [-0.25, -0.2) is 0 Å². The number of benzene rings is 5. The standard InChI is InChI=1S/C29H20Cl2O4/c1-35-25-12-15-4-5-16-11-22(31)29(34)28-19-10-14(3-8-23(19)32)2-6-17-21(30)7-9-24(33)27(17)20(25)13-18(15)26(16)28/h3-5,7-13,32-34H,2,6H2,1H3. The van der Waals surface area contributed by atoms with Crippen LogP contribution in [0, 0.1) is 0 Å². The molecular formula is C29H20Cl2O4. The topological polar surface area (TPSA) is 69.9 Å². The Balaban J connectivity index is 1.89. The van der Waals surface area contributed by atoms with Crippen molar-refractivity contribution in [2.75, 3.05) is 7.11 Å². The highest BCUT2D eigenvalue weighted by Gasteiger charge is 2.23. The second-order valence-electron chi connectivity index (χ2n) is 8.79. The number of phenolic OH excluding ortho intramolecular Hbond substituents is 3. The highest BCUT2D eigenvalue weighted by molar-refractivity contribution is 6.35. The Hall–Kier alpha value is -3.60. The molecule has 0 radical (unpaired) electrons. The van der Waals surface area contributed by atoms with Gasteiger partial charge in [0.15, 0.2) is 0 Å². The molecule has 0 heterocycles. The average Bonchev–Trinajstić information content (AvgIpc) is 2.85. The molecule has 5 aromatic rings. The maximum absolute atomic E-state index is 11.2. The number of ether oxygens (including phenoxy) is 1. The van der Waals surface area contributed by atoms with Crippen LogP contribution in [0.15, 0.2) is 60.7 Å². The van der Waals surface area contributed by atoms with E-state index >= 15 is 0 Å². The third-order valence-electron chi connectivity index (χ3n) is 6.86. The smallest absolute Gasteiger partial charge is 0.142 e. The quantitative estimate of drug-likeness (QED) is 0.204. The molecule has 0 atom stereocenters. The van der Waals surface area contributed by atoms with E-state index in [1.165, 1.54) is 0 Å². The summed E-state index contributed by atoms with van der Waals surface area (Å²) < 4.78 is 5.76. The molecular weight excluding hydrogens is 483 g/mol. The first-order valence-corrected chi connectivity index (χ1v) is 11.9. The molecule has 0 unspecified atom stereocenters. The zero-order chi connectivity index (χ0) is 24.4. The molecule has 0 aromatic heterocycles. The van der Waals surface area contributed by atoms with Gasteiger partial charge in [0.1, 0.15) is 23.0 Å². The summed E-state index contributed by atoms with van der Waals surface area (Å²) >= 11 is 13.1. The molecule has 6 rings (SSSR count). The summed E-state index contributed by atoms with van der Waals surface area (Å²) in [6, 6.07) is 18.1. The molecule has 4 bridgehead atoms. The van der Waals surface area contributed by atoms with Crippen molar-refractivity contribution in [3.05, 3.63) is 81.8 Å². The van der Waals surface area contributed by atoms with E-state index in [1.54, 1.807) is 31.4 Å². The molecule has 0 fully saturated rings. The Labute approximate surface area is 211 Å². The van der Waals surface area contributed by atoms with E-state index in [9.17, 15) is 15.3 Å². The molecule has 0 amide bonds. The monoisotopic (exact) mass is 502 g/mol. The zero-order valence-electron chi connectivity index (χ0n) is 18.7. The van der Waals surface area contributed by atoms with E-state index in [1.807, 2.05) is 36.4 Å². The van der Waals surface area contributed by atoms with Crippen molar-refractivity contribution in [3.63, 3.8) is 0 Å². The number of hydrogen-bond donors (Lipinski definition) is 3. The number of phenols is 3. The first-order valence-electron chi connectivity index (χ1n) is 11.2. The Bertz CT molecular complexity index is 1690. The summed E-state index contributed by atoms with van der Waals surface area (Å²) in [6.07, 6.45) is 1.15. The zero-order valence-corrected chi connectivity index (χ0v) is 20.2. The number of fused-ring (bicyclic) bond motifs is 6. The van der Waals surface area contributed by atoms with Gasteiger partial charge in [-0.05, 0) is 82.6 Å². The summed E-state index contributed by atoms with van der Waals surface area (Å²) in [7, 11) is 1.59. The molecule has 0 saturated carbocycles. The Morgan fingerprint density at radius 1 is 0.714 bits per heavy atom. The summed E-state index contributed by atoms with van der Waals surface area (Å²) in [5.74, 6) is 0.650. The highest BCUT2D eigenvalue weighted by atomic mass is 35.5. The largest absolute Gasteiger partial charge is 0.507 e. The summed E-state index contributed by atoms with van der Waals surface area (Å²) in [4.78, 5) is 0. The van der Waals surface area contributed by atoms with Crippen LogP contribution in [0.4, 0.5) is 0 Å². The molecule has 3 N–H and O–H groups in total. The van der Waals surface area contributed by atoms with Gasteiger partial charge in [0.2, 0.25) is 0 Å². The van der Waals surface area contributed by atoms with Gasteiger partial charge in [0.25, 0.3) is 0 Å². The molecule has 5 aromatic carbocycles. The van der Waals surface area contributed by atoms with E-state index in [0.29, 0.717) is 45.9 Å². The number of aryl methyl sites for hydroxylation is 1. The number of methoxy groups -OCH3 is 1. The van der Waals surface area contributed by atoms with Crippen LogP contribution in [0.25, 0.3) is 43.8 Å². The van der Waals surface area contributed by atoms with Gasteiger partial charge in [-0.1, -0.05) is 41.4 Å². The van der Waals surface area contributed by atoms with Crippen LogP contribution < -0.4 is 4.74 Å². The summed E-state index contributed by atoms with van der Waals surface area (Å²) in [5.41, 5.74) is 4.03. The first kappa shape index (κ1) is 21.9. The van der Waals surface area contributed by atoms with Gasteiger partial charge >= 0.3 is 0 Å². The third-order valence-corrected chi connectivity index (χ3v) is 7.51. The lowest BCUT2D eigenvalue weighted by Gasteiger charge is -2.21. The summed E-state index contributed by atoms with van der Waals surface area (Å²) in [6.45, 7) is 0. The van der Waals surface area contributed by atoms with Crippen molar-refractivity contribution in [2.45, 2.75) is 12.8 Å². The van der Waals surface area contributed by atoms with E-state index < -0.39 is 0 Å². The maximum Gasteiger partial charge on any atom is 0.142 e. The number of rotatable bonds is 1. The molecule has 0 spiro atoms. The van der Waals surface area contributed by atoms with Crippen LogP contribution in [-0.2, 0) is 12.8 Å². The molecule has 0 aliphatic heterocycles. The maximum atomic E-state index is 11.2. The predicted molar refractivity (Wildman–Crippen MR) is 141 cm³/mol. The number of hydrogen-bond acceptors (Lipinski definition) is 4. The van der Waals surface area contributed by atoms with Gasteiger partial charge in [-0.15, -0.1) is 0 Å². The second-order valence-corrected chi connectivity index (χ2v) is 9.61. The SMILES string of the molecule is COc1cc2ccc3cc(Cl)c(O)c4c3c2cc1-c1c(O)ccc(Cl)c1CCc1ccc(O)c-4c1. The lowest BCUT2D eigenvalue weighted by atomic mass is 9.87. The van der Waals surface area contributed by atoms with Crippen LogP contribution in [0.2, 0.25) is 10.0 Å². The number of aromatic hydroxyl groups is 3. The fourth-order valence-corrected chi connectivity index (χ4v) is 5.66. The van der Waals surface area contributed by atoms with Gasteiger partial charge in [-0.3, -0.25) is 0 Å². The van der Waals surface area contributed by atoms with Crippen LogP contribution in [0.3, 0.4) is 0 Å². The van der Waals surface area contributed by atoms with Gasteiger partial charge in [0.05, 0.1) is 12.1 Å². The third kappa shape index (κ3) is 3.28. The van der Waals surface area contributed by atoms with Crippen LogP contribution in [0.5, 0.6) is 23.0 Å². The molecule has 0 saturated heterocycles. The van der Waals surface area contributed by atoms with Crippen LogP contribution >= 0.6 is 23.2 Å². The van der Waals surface area contributed by atoms with Crippen LogP contribution in [0.1, 0.15) is 11.1 Å². The van der Waals surface area contributed by atoms with Crippen LogP contribution in [-0.4, -0.2) is 22.4 Å². The van der Waals surface area contributed by atoms with E-state index in [0.717, 1.165) is 32.7 Å². The molecule has 174 valence electrons. The lowest BCUT2D eigenvalue weighted by Crippen LogP contribution is -2.00. The minimum atomic E-state index is -0.0974. The van der Waals surface area contributed by atoms with Gasteiger partial charge in [-0.2, -0.15) is 0 Å². The van der Waals surface area contributed by atoms with E-state index in [4.69, 9.17) is 27.9 Å². The minimum Gasteiger partial charge on any atom is -0.507 e. The van der Waals surface area contributed by atoms with E-state index in [2.05, 4.69) is 0 Å². The number of halogens is 2. The van der Waals surface area contributed by atoms with Crippen molar-refractivity contribution < 1.29 is 20.1 Å². The van der Waals surface area contributed by atoms with Gasteiger partial charge in [0, 0.05) is 32.7 Å². The average molecular weight is 503 g/mol. The molecule has 1 aliphatic carbocycles. The Morgan fingerprint density at radius 3 is 2.29 bits per heavy atom. The fourth-order valence-electron chi connectivity index (χ4n) is 5.20. The van der Waals surface area contributed by atoms with Crippen molar-refractivity contribution in [1.29, 1.82) is 0 Å². The summed E-state index contributed by atoms with van der Waals surface area (Å²) in [5, 5.41) is 37.0. The van der Waals surface area contributed by atoms with Gasteiger partial charge < -0.3 is 20.1 Å². The van der Waals surface area contributed by atoms with E-state index in [-0.39, 0.29) is 22.3 Å². The molecule has 4 nitrogen and oxygen atoms in total. The molecule has 35 heavy (non-hydrogen) atoms. The van der Waals surface area contributed by atoms with Crippen molar-refractivity contribution in [2.24, 2.45) is 0 Å². The molecule has 1 aliphatic rings. The lowest BCUT2D eigenvalue weighted by molar-refractivity contribution is 0.416. The fraction of sp³-hybridized carbons (Fsp3) is 0.103. The second kappa shape index (κ2) is 7.98. The highest BCUT2D eigenvalue weighted by Crippen LogP contribution is 2.50. The predicted octanol–water partition coefficient (Wildman–Crippen LogP) is 7.86. The first-order chi connectivity index (χ1) is 16.9. The Morgan fingerprint density at radius 2 is 1.49 bits per heavy atom. The van der Waals surface area contributed by atoms with Crippen molar-refractivity contribution >= 4 is 44.7 Å². The normalized spacial score (nSPS) is 12.5. The Kier molecular flexibility index (Phi) is 4.99.